The Morgan fingerprint density at radius 1 is 0.630 bits per heavy atom. The number of rotatable bonds is 2. The van der Waals surface area contributed by atoms with Crippen LogP contribution in [0, 0.1) is 75.1 Å². The van der Waals surface area contributed by atoms with Crippen molar-refractivity contribution in [3.05, 3.63) is 104 Å². The van der Waals surface area contributed by atoms with Crippen LogP contribution in [0.5, 0.6) is 0 Å². The van der Waals surface area contributed by atoms with E-state index < -0.39 is 40.0 Å². The molecule has 4 aliphatic carbocycles. The number of carbonyl (C=O) groups excluding carboxylic acids is 2. The number of allylic oxidation sites excluding steroid dienone is 4. The molecule has 0 atom stereocenters. The SMILES string of the molecule is Cc1cc2c(cc1F)C(=O)C(=Nc1cc3c(s1)-c1sc(N=C4C(=O)c5cc(F)c(F)cc5C4=C(C#N)C#N)cc1C31CCC(C)(C)CC1)C2=C(C#N)C#N. The van der Waals surface area contributed by atoms with E-state index in [9.17, 15) is 43.8 Å². The van der Waals surface area contributed by atoms with Crippen molar-refractivity contribution in [2.75, 3.05) is 0 Å². The predicted octanol–water partition coefficient (Wildman–Crippen LogP) is 9.94. The van der Waals surface area contributed by atoms with Crippen LogP contribution >= 0.6 is 22.7 Å². The van der Waals surface area contributed by atoms with Crippen molar-refractivity contribution >= 4 is 66.8 Å². The molecule has 1 saturated carbocycles. The average Bonchev–Trinajstić information content (AvgIpc) is 3.91. The third-order valence-electron chi connectivity index (χ3n) is 10.8. The smallest absolute Gasteiger partial charge is 0.212 e. The van der Waals surface area contributed by atoms with Gasteiger partial charge in [-0.15, -0.1) is 22.7 Å². The molecule has 8 rings (SSSR count). The maximum absolute atomic E-state index is 14.6. The highest BCUT2D eigenvalue weighted by Gasteiger charge is 2.50. The second kappa shape index (κ2) is 12.1. The molecule has 1 fully saturated rings. The van der Waals surface area contributed by atoms with Crippen LogP contribution in [-0.4, -0.2) is 23.0 Å². The predicted molar refractivity (Wildman–Crippen MR) is 197 cm³/mol. The van der Waals surface area contributed by atoms with Crippen LogP contribution < -0.4 is 0 Å². The Kier molecular flexibility index (Phi) is 7.83. The van der Waals surface area contributed by atoms with Gasteiger partial charge in [-0.05, 0) is 96.7 Å². The van der Waals surface area contributed by atoms with E-state index in [1.165, 1.54) is 35.7 Å². The van der Waals surface area contributed by atoms with Gasteiger partial charge in [-0.25, -0.2) is 23.2 Å². The first-order valence-corrected chi connectivity index (χ1v) is 18.3. The van der Waals surface area contributed by atoms with Crippen LogP contribution in [0.15, 0.2) is 57.5 Å². The maximum atomic E-state index is 14.6. The molecule has 4 aromatic rings. The Bertz CT molecular complexity index is 2570. The Morgan fingerprint density at radius 3 is 1.48 bits per heavy atom. The van der Waals surface area contributed by atoms with E-state index in [1.54, 1.807) is 12.1 Å². The second-order valence-corrected chi connectivity index (χ2v) is 16.4. The maximum Gasteiger partial charge on any atom is 0.212 e. The molecule has 0 N–H and O–H groups in total. The number of halogens is 3. The van der Waals surface area contributed by atoms with Crippen molar-refractivity contribution in [1.82, 2.24) is 0 Å². The number of nitrogens with zero attached hydrogens (tertiary/aromatic N) is 6. The summed E-state index contributed by atoms with van der Waals surface area (Å²) in [6, 6.07) is 15.1. The standard InChI is InChI=1S/C41H23F3N6O2S2/c1-18-8-21-23(10-27(18)42)36(51)34(32(21)19(14-45)15-46)49-30-12-25-38(53-30)39-26(41(25)6-4-40(2,3)5-7-41)13-31(54-39)50-35-33(20(16-47)17-48)22-9-28(43)29(44)11-24(22)37(35)52/h8-13H,4-7H2,1-3H3. The third kappa shape index (κ3) is 4.97. The number of fused-ring (bicyclic) bond motifs is 7. The van der Waals surface area contributed by atoms with Crippen molar-refractivity contribution in [2.24, 2.45) is 15.4 Å². The summed E-state index contributed by atoms with van der Waals surface area (Å²) in [4.78, 5) is 38.4. The summed E-state index contributed by atoms with van der Waals surface area (Å²) in [7, 11) is 0. The molecule has 0 radical (unpaired) electrons. The van der Waals surface area contributed by atoms with E-state index >= 15 is 0 Å². The second-order valence-electron chi connectivity index (χ2n) is 14.4. The molecule has 0 amide bonds. The zero-order valence-electron chi connectivity index (χ0n) is 28.7. The minimum absolute atomic E-state index is 0.0210. The molecule has 0 saturated heterocycles. The lowest BCUT2D eigenvalue weighted by Gasteiger charge is -2.42. The van der Waals surface area contributed by atoms with Gasteiger partial charge in [-0.3, -0.25) is 9.59 Å². The number of nitriles is 4. The van der Waals surface area contributed by atoms with Crippen LogP contribution in [0.25, 0.3) is 20.9 Å². The van der Waals surface area contributed by atoms with Crippen LogP contribution in [0.1, 0.15) is 88.1 Å². The van der Waals surface area contributed by atoms with Gasteiger partial charge in [0.15, 0.2) is 11.6 Å². The first kappa shape index (κ1) is 34.8. The summed E-state index contributed by atoms with van der Waals surface area (Å²) in [6.45, 7) is 5.95. The molecule has 8 nitrogen and oxygen atoms in total. The quantitative estimate of drug-likeness (QED) is 0.186. The molecule has 0 unspecified atom stereocenters. The highest BCUT2D eigenvalue weighted by atomic mass is 32.1. The van der Waals surface area contributed by atoms with Gasteiger partial charge in [0.05, 0.1) is 9.75 Å². The molecule has 2 aromatic carbocycles. The molecule has 54 heavy (non-hydrogen) atoms. The van der Waals surface area contributed by atoms with Crippen molar-refractivity contribution in [1.29, 1.82) is 21.0 Å². The molecule has 1 spiro atoms. The topological polar surface area (TPSA) is 154 Å². The third-order valence-corrected chi connectivity index (χ3v) is 13.0. The number of Topliss-reactive ketones (excluding diaryl/α,β-unsaturated/α-hetero) is 2. The van der Waals surface area contributed by atoms with Gasteiger partial charge in [0.1, 0.15) is 62.7 Å². The fourth-order valence-electron chi connectivity index (χ4n) is 7.92. The lowest BCUT2D eigenvalue weighted by Crippen LogP contribution is -2.33. The summed E-state index contributed by atoms with van der Waals surface area (Å²) in [6.07, 6.45) is 3.30. The number of ketones is 2. The lowest BCUT2D eigenvalue weighted by molar-refractivity contribution is 0.106. The molecular weight excluding hydrogens is 730 g/mol. The average molecular weight is 753 g/mol. The van der Waals surface area contributed by atoms with Crippen LogP contribution in [0.4, 0.5) is 23.2 Å². The van der Waals surface area contributed by atoms with E-state index in [0.29, 0.717) is 10.0 Å². The molecule has 262 valence electrons. The van der Waals surface area contributed by atoms with Crippen molar-refractivity contribution in [3.8, 4) is 34.0 Å². The monoisotopic (exact) mass is 752 g/mol. The summed E-state index contributed by atoms with van der Waals surface area (Å²) >= 11 is 2.59. The molecule has 2 aromatic heterocycles. The minimum atomic E-state index is -1.25. The van der Waals surface area contributed by atoms with E-state index in [-0.39, 0.29) is 61.4 Å². The first-order chi connectivity index (χ1) is 25.7. The molecule has 0 bridgehead atoms. The zero-order valence-corrected chi connectivity index (χ0v) is 30.4. The van der Waals surface area contributed by atoms with E-state index in [2.05, 4.69) is 18.8 Å². The van der Waals surface area contributed by atoms with Gasteiger partial charge in [-0.2, -0.15) is 21.0 Å². The Balaban J connectivity index is 1.29. The Labute approximate surface area is 314 Å². The van der Waals surface area contributed by atoms with Gasteiger partial charge >= 0.3 is 0 Å². The van der Waals surface area contributed by atoms with Gasteiger partial charge in [-0.1, -0.05) is 13.8 Å². The summed E-state index contributed by atoms with van der Waals surface area (Å²) in [5.74, 6) is -4.41. The number of aryl methyl sites for hydroxylation is 1. The molecule has 0 aliphatic heterocycles. The van der Waals surface area contributed by atoms with E-state index in [0.717, 1.165) is 64.8 Å². The number of hydrogen-bond donors (Lipinski definition) is 0. The lowest BCUT2D eigenvalue weighted by atomic mass is 9.62. The highest BCUT2D eigenvalue weighted by molar-refractivity contribution is 7.26. The van der Waals surface area contributed by atoms with E-state index in [1.807, 2.05) is 24.3 Å². The fraction of sp³-hybridized carbons (Fsp3) is 0.220. The van der Waals surface area contributed by atoms with Crippen LogP contribution in [0.3, 0.4) is 0 Å². The number of hydrogen-bond acceptors (Lipinski definition) is 10. The fourth-order valence-corrected chi connectivity index (χ4v) is 10.3. The van der Waals surface area contributed by atoms with Gasteiger partial charge in [0.25, 0.3) is 0 Å². The number of carbonyl (C=O) groups is 2. The van der Waals surface area contributed by atoms with Crippen molar-refractivity contribution in [3.63, 3.8) is 0 Å². The number of benzene rings is 2. The normalized spacial score (nSPS) is 18.6. The van der Waals surface area contributed by atoms with Crippen LogP contribution in [0.2, 0.25) is 0 Å². The molecule has 4 aliphatic rings. The van der Waals surface area contributed by atoms with Gasteiger partial charge < -0.3 is 0 Å². The summed E-state index contributed by atoms with van der Waals surface area (Å²) in [5, 5.41) is 40.0. The van der Waals surface area contributed by atoms with Crippen molar-refractivity contribution in [2.45, 2.75) is 51.9 Å². The Hall–Kier alpha value is -6.25. The van der Waals surface area contributed by atoms with Gasteiger partial charge in [0.2, 0.25) is 11.6 Å². The summed E-state index contributed by atoms with van der Waals surface area (Å²) in [5.41, 5.74) is 0.584. The summed E-state index contributed by atoms with van der Waals surface area (Å²) < 4.78 is 43.3. The Morgan fingerprint density at radius 2 is 1.04 bits per heavy atom. The molecule has 2 heterocycles. The molecule has 13 heteroatoms. The highest BCUT2D eigenvalue weighted by Crippen LogP contribution is 2.64. The molecular formula is C41H23F3N6O2S2. The van der Waals surface area contributed by atoms with Gasteiger partial charge in [0, 0.05) is 33.3 Å². The zero-order chi connectivity index (χ0) is 38.4. The van der Waals surface area contributed by atoms with Crippen LogP contribution in [-0.2, 0) is 5.41 Å². The number of aliphatic imine (C=N–C) groups is 2. The largest absolute Gasteiger partial charge is 0.287 e. The number of thiophene rings is 2. The van der Waals surface area contributed by atoms with Crippen molar-refractivity contribution < 1.29 is 22.8 Å². The first-order valence-electron chi connectivity index (χ1n) is 16.7. The minimum Gasteiger partial charge on any atom is -0.287 e. The van der Waals surface area contributed by atoms with E-state index in [4.69, 9.17) is 4.99 Å².